The molecule has 2 N–H and O–H groups in total. The summed E-state index contributed by atoms with van der Waals surface area (Å²) >= 11 is 6.19. The molecule has 0 amide bonds. The Morgan fingerprint density at radius 3 is 2.62 bits per heavy atom. The van der Waals surface area contributed by atoms with Gasteiger partial charge < -0.3 is 10.6 Å². The lowest BCUT2D eigenvalue weighted by molar-refractivity contribution is 0.749. The van der Waals surface area contributed by atoms with Crippen LogP contribution in [0.3, 0.4) is 0 Å². The Bertz CT molecular complexity index is 859. The molecule has 0 atom stereocenters. The molecule has 1 heterocycles. The van der Waals surface area contributed by atoms with Gasteiger partial charge in [0, 0.05) is 24.3 Å². The quantitative estimate of drug-likeness (QED) is 0.518. The topological polar surface area (TPSA) is 67.1 Å². The normalized spacial score (nSPS) is 11.4. The molecule has 7 heteroatoms. The van der Waals surface area contributed by atoms with E-state index in [1.807, 2.05) is 59.2 Å². The van der Waals surface area contributed by atoms with E-state index in [-0.39, 0.29) is 0 Å². The van der Waals surface area contributed by atoms with Crippen molar-refractivity contribution in [1.29, 1.82) is 0 Å². The maximum absolute atomic E-state index is 6.19. The van der Waals surface area contributed by atoms with Gasteiger partial charge in [-0.15, -0.1) is 10.2 Å². The average Bonchev–Trinajstić information content (AvgIpc) is 3.15. The first kappa shape index (κ1) is 17.9. The number of guanidine groups is 1. The van der Waals surface area contributed by atoms with E-state index in [2.05, 4.69) is 25.8 Å². The summed E-state index contributed by atoms with van der Waals surface area (Å²) in [6.45, 7) is 1.25. The average molecular weight is 369 g/mol. The van der Waals surface area contributed by atoms with Crippen LogP contribution in [0.2, 0.25) is 5.02 Å². The number of hydrogen-bond acceptors (Lipinski definition) is 3. The van der Waals surface area contributed by atoms with Gasteiger partial charge in [-0.25, -0.2) is 0 Å². The fraction of sp³-hybridized carbons (Fsp3) is 0.211. The van der Waals surface area contributed by atoms with Crippen LogP contribution >= 0.6 is 11.6 Å². The van der Waals surface area contributed by atoms with Crippen LogP contribution in [0.25, 0.3) is 5.69 Å². The molecule has 26 heavy (non-hydrogen) atoms. The van der Waals surface area contributed by atoms with Crippen LogP contribution in [0.4, 0.5) is 0 Å². The Balaban J connectivity index is 1.54. The Kier molecular flexibility index (Phi) is 6.22. The molecule has 3 rings (SSSR count). The number of benzene rings is 2. The van der Waals surface area contributed by atoms with Crippen molar-refractivity contribution in [2.24, 2.45) is 4.99 Å². The zero-order valence-electron chi connectivity index (χ0n) is 14.6. The first-order valence-corrected chi connectivity index (χ1v) is 8.78. The van der Waals surface area contributed by atoms with E-state index in [1.165, 1.54) is 0 Å². The van der Waals surface area contributed by atoms with E-state index in [4.69, 9.17) is 11.6 Å². The highest BCUT2D eigenvalue weighted by molar-refractivity contribution is 6.31. The van der Waals surface area contributed by atoms with Crippen molar-refractivity contribution >= 4 is 17.6 Å². The molecule has 0 saturated carbocycles. The van der Waals surface area contributed by atoms with E-state index >= 15 is 0 Å². The van der Waals surface area contributed by atoms with Gasteiger partial charge in [0.25, 0.3) is 0 Å². The van der Waals surface area contributed by atoms with Crippen molar-refractivity contribution in [3.63, 3.8) is 0 Å². The van der Waals surface area contributed by atoms with Crippen molar-refractivity contribution in [1.82, 2.24) is 25.4 Å². The molecular formula is C19H21ClN6. The summed E-state index contributed by atoms with van der Waals surface area (Å²) in [7, 11) is 1.74. The van der Waals surface area contributed by atoms with Gasteiger partial charge >= 0.3 is 0 Å². The molecule has 0 bridgehead atoms. The molecule has 0 spiro atoms. The zero-order valence-corrected chi connectivity index (χ0v) is 15.3. The molecule has 0 fully saturated rings. The molecule has 1 aromatic heterocycles. The molecule has 0 aliphatic carbocycles. The van der Waals surface area contributed by atoms with Gasteiger partial charge in [-0.3, -0.25) is 9.56 Å². The molecule has 0 radical (unpaired) electrons. The van der Waals surface area contributed by atoms with Crippen molar-refractivity contribution < 1.29 is 0 Å². The largest absolute Gasteiger partial charge is 0.356 e. The van der Waals surface area contributed by atoms with Gasteiger partial charge in [0.05, 0.1) is 6.54 Å². The van der Waals surface area contributed by atoms with Crippen LogP contribution < -0.4 is 10.6 Å². The number of aliphatic imine (C=N–C) groups is 1. The number of aromatic nitrogens is 3. The maximum Gasteiger partial charge on any atom is 0.191 e. The summed E-state index contributed by atoms with van der Waals surface area (Å²) in [5.41, 5.74) is 2.14. The number of rotatable bonds is 6. The minimum atomic E-state index is 0.515. The Morgan fingerprint density at radius 1 is 1.08 bits per heavy atom. The smallest absolute Gasteiger partial charge is 0.191 e. The summed E-state index contributed by atoms with van der Waals surface area (Å²) in [4.78, 5) is 4.25. The lowest BCUT2D eigenvalue weighted by Gasteiger charge is -2.13. The second kappa shape index (κ2) is 9.01. The van der Waals surface area contributed by atoms with Gasteiger partial charge in [0.15, 0.2) is 11.8 Å². The van der Waals surface area contributed by atoms with Gasteiger partial charge in [-0.1, -0.05) is 48.0 Å². The van der Waals surface area contributed by atoms with Crippen LogP contribution in [0.15, 0.2) is 65.9 Å². The van der Waals surface area contributed by atoms with Crippen molar-refractivity contribution in [2.75, 3.05) is 13.6 Å². The lowest BCUT2D eigenvalue weighted by atomic mass is 10.1. The van der Waals surface area contributed by atoms with Crippen molar-refractivity contribution in [3.05, 3.63) is 77.3 Å². The second-order valence-electron chi connectivity index (χ2n) is 5.65. The van der Waals surface area contributed by atoms with Crippen molar-refractivity contribution in [2.45, 2.75) is 13.0 Å². The molecule has 0 unspecified atom stereocenters. The zero-order chi connectivity index (χ0) is 18.2. The van der Waals surface area contributed by atoms with Crippen LogP contribution in [-0.2, 0) is 13.0 Å². The van der Waals surface area contributed by atoms with E-state index in [0.29, 0.717) is 12.5 Å². The fourth-order valence-corrected chi connectivity index (χ4v) is 2.81. The molecule has 2 aromatic carbocycles. The van der Waals surface area contributed by atoms with Crippen molar-refractivity contribution in [3.8, 4) is 5.69 Å². The highest BCUT2D eigenvalue weighted by Gasteiger charge is 2.07. The van der Waals surface area contributed by atoms with E-state index < -0.39 is 0 Å². The Hall–Kier alpha value is -2.86. The Labute approximate surface area is 157 Å². The van der Waals surface area contributed by atoms with Gasteiger partial charge in [0.1, 0.15) is 6.33 Å². The third-order valence-electron chi connectivity index (χ3n) is 3.93. The number of nitrogens with zero attached hydrogens (tertiary/aromatic N) is 4. The number of nitrogens with one attached hydrogen (secondary N) is 2. The lowest BCUT2D eigenvalue weighted by Crippen LogP contribution is -2.38. The third kappa shape index (κ3) is 4.61. The standard InChI is InChI=1S/C19H21ClN6/c1-21-19(22-12-11-15-7-5-6-10-17(15)20)23-13-18-25-24-14-26(18)16-8-3-2-4-9-16/h2-10,14H,11-13H2,1H3,(H2,21,22,23). The van der Waals surface area contributed by atoms with Crippen LogP contribution in [0, 0.1) is 0 Å². The first-order chi connectivity index (χ1) is 12.8. The van der Waals surface area contributed by atoms with Crippen LogP contribution in [0.5, 0.6) is 0 Å². The summed E-state index contributed by atoms with van der Waals surface area (Å²) in [6.07, 6.45) is 2.53. The molecule has 0 aliphatic rings. The summed E-state index contributed by atoms with van der Waals surface area (Å²) in [6, 6.07) is 17.9. The van der Waals surface area contributed by atoms with Gasteiger partial charge in [-0.05, 0) is 30.2 Å². The third-order valence-corrected chi connectivity index (χ3v) is 4.30. The molecule has 0 saturated heterocycles. The first-order valence-electron chi connectivity index (χ1n) is 8.40. The SMILES string of the molecule is CN=C(NCCc1ccccc1Cl)NCc1nncn1-c1ccccc1. The fourth-order valence-electron chi connectivity index (χ4n) is 2.58. The highest BCUT2D eigenvalue weighted by atomic mass is 35.5. The predicted molar refractivity (Wildman–Crippen MR) is 105 cm³/mol. The predicted octanol–water partition coefficient (Wildman–Crippen LogP) is 2.83. The maximum atomic E-state index is 6.19. The molecule has 0 aliphatic heterocycles. The number of para-hydroxylation sites is 1. The minimum Gasteiger partial charge on any atom is -0.356 e. The molecular weight excluding hydrogens is 348 g/mol. The Morgan fingerprint density at radius 2 is 1.85 bits per heavy atom. The molecule has 6 nitrogen and oxygen atoms in total. The molecule has 134 valence electrons. The van der Waals surface area contributed by atoms with E-state index in [1.54, 1.807) is 13.4 Å². The monoisotopic (exact) mass is 368 g/mol. The molecule has 3 aromatic rings. The van der Waals surface area contributed by atoms with Crippen LogP contribution in [0.1, 0.15) is 11.4 Å². The van der Waals surface area contributed by atoms with Crippen LogP contribution in [-0.4, -0.2) is 34.3 Å². The summed E-state index contributed by atoms with van der Waals surface area (Å²) in [5, 5.41) is 15.5. The van der Waals surface area contributed by atoms with E-state index in [0.717, 1.165) is 35.1 Å². The summed E-state index contributed by atoms with van der Waals surface area (Å²) < 4.78 is 1.95. The van der Waals surface area contributed by atoms with Gasteiger partial charge in [0.2, 0.25) is 0 Å². The highest BCUT2D eigenvalue weighted by Crippen LogP contribution is 2.14. The summed E-state index contributed by atoms with van der Waals surface area (Å²) in [5.74, 6) is 1.52. The minimum absolute atomic E-state index is 0.515. The number of hydrogen-bond donors (Lipinski definition) is 2. The van der Waals surface area contributed by atoms with E-state index in [9.17, 15) is 0 Å². The number of halogens is 1. The van der Waals surface area contributed by atoms with Gasteiger partial charge in [-0.2, -0.15) is 0 Å². The second-order valence-corrected chi connectivity index (χ2v) is 6.05.